The summed E-state index contributed by atoms with van der Waals surface area (Å²) >= 11 is 3.53. The highest BCUT2D eigenvalue weighted by atomic mass is 79.9. The Morgan fingerprint density at radius 1 is 1.27 bits per heavy atom. The van der Waals surface area contributed by atoms with Crippen LogP contribution in [0.5, 0.6) is 17.2 Å². The smallest absolute Gasteiger partial charge is 0.235 e. The summed E-state index contributed by atoms with van der Waals surface area (Å²) < 4.78 is 18.1. The van der Waals surface area contributed by atoms with E-state index in [1.54, 1.807) is 13.2 Å². The summed E-state index contributed by atoms with van der Waals surface area (Å²) in [5, 5.41) is 0. The molecule has 0 radical (unpaired) electrons. The number of aliphatic imine (C=N–C) groups is 1. The van der Waals surface area contributed by atoms with E-state index in [4.69, 9.17) is 14.2 Å². The van der Waals surface area contributed by atoms with Gasteiger partial charge in [0.15, 0.2) is 11.5 Å². The monoisotopic (exact) mass is 367 g/mol. The molecule has 118 valence electrons. The Labute approximate surface area is 137 Å². The fourth-order valence-electron chi connectivity index (χ4n) is 3.34. The number of fused-ring (bicyclic) bond motifs is 1. The van der Waals surface area contributed by atoms with Crippen molar-refractivity contribution in [3.63, 3.8) is 0 Å². The molecule has 1 heterocycles. The molecule has 1 aliphatic heterocycles. The maximum absolute atomic E-state index is 11.0. The number of hydrogen-bond donors (Lipinski definition) is 0. The molecule has 0 spiro atoms. The van der Waals surface area contributed by atoms with Gasteiger partial charge in [0.1, 0.15) is 11.3 Å². The predicted molar refractivity (Wildman–Crippen MR) is 84.6 cm³/mol. The summed E-state index contributed by atoms with van der Waals surface area (Å²) in [6.07, 6.45) is 6.15. The van der Waals surface area contributed by atoms with E-state index < -0.39 is 5.54 Å². The van der Waals surface area contributed by atoms with Crippen molar-refractivity contribution in [3.05, 3.63) is 16.1 Å². The maximum atomic E-state index is 11.0. The Morgan fingerprint density at radius 3 is 2.68 bits per heavy atom. The highest BCUT2D eigenvalue weighted by molar-refractivity contribution is 9.10. The van der Waals surface area contributed by atoms with Crippen molar-refractivity contribution < 1.29 is 19.0 Å². The molecule has 0 unspecified atom stereocenters. The van der Waals surface area contributed by atoms with Gasteiger partial charge in [-0.05, 0) is 28.8 Å². The first kappa shape index (κ1) is 15.4. The molecule has 0 amide bonds. The number of carbonyl (C=O) groups excluding carboxylic acids is 1. The molecule has 0 N–H and O–H groups in total. The molecule has 22 heavy (non-hydrogen) atoms. The number of benzene rings is 1. The molecular formula is C16H18BrNO4. The molecule has 1 aromatic carbocycles. The normalized spacial score (nSPS) is 19.2. The van der Waals surface area contributed by atoms with Crippen molar-refractivity contribution in [3.8, 4) is 17.2 Å². The van der Waals surface area contributed by atoms with Crippen molar-refractivity contribution in [2.75, 3.05) is 20.3 Å². The average Bonchev–Trinajstić information content (AvgIpc) is 2.85. The lowest BCUT2D eigenvalue weighted by atomic mass is 9.87. The van der Waals surface area contributed by atoms with Crippen LogP contribution in [-0.4, -0.2) is 26.4 Å². The summed E-state index contributed by atoms with van der Waals surface area (Å²) in [6, 6.07) is 1.86. The van der Waals surface area contributed by atoms with Gasteiger partial charge in [-0.25, -0.2) is 4.79 Å². The minimum Gasteiger partial charge on any atom is -0.495 e. The lowest BCUT2D eigenvalue weighted by Gasteiger charge is -2.28. The fraction of sp³-hybridized carbons (Fsp3) is 0.562. The topological polar surface area (TPSA) is 57.1 Å². The second-order valence-corrected chi connectivity index (χ2v) is 6.44. The third-order valence-corrected chi connectivity index (χ3v) is 4.89. The second kappa shape index (κ2) is 6.31. The molecule has 1 fully saturated rings. The van der Waals surface area contributed by atoms with E-state index in [1.165, 1.54) is 0 Å². The van der Waals surface area contributed by atoms with Crippen LogP contribution in [0.15, 0.2) is 15.5 Å². The second-order valence-electron chi connectivity index (χ2n) is 5.59. The largest absolute Gasteiger partial charge is 0.495 e. The number of isocyanates is 1. The zero-order valence-corrected chi connectivity index (χ0v) is 14.1. The highest BCUT2D eigenvalue weighted by Crippen LogP contribution is 2.54. The van der Waals surface area contributed by atoms with Crippen LogP contribution in [0.25, 0.3) is 0 Å². The third kappa shape index (κ3) is 2.50. The van der Waals surface area contributed by atoms with Crippen molar-refractivity contribution in [2.24, 2.45) is 4.99 Å². The van der Waals surface area contributed by atoms with E-state index in [9.17, 15) is 4.79 Å². The number of methoxy groups -OCH3 is 1. The molecule has 3 rings (SSSR count). The van der Waals surface area contributed by atoms with Gasteiger partial charge >= 0.3 is 0 Å². The summed E-state index contributed by atoms with van der Waals surface area (Å²) in [7, 11) is 1.61. The van der Waals surface area contributed by atoms with Gasteiger partial charge in [0, 0.05) is 12.5 Å². The zero-order chi connectivity index (χ0) is 15.6. The van der Waals surface area contributed by atoms with E-state index in [1.807, 2.05) is 6.07 Å². The maximum Gasteiger partial charge on any atom is 0.235 e. The van der Waals surface area contributed by atoms with E-state index in [0.717, 1.165) is 42.1 Å². The van der Waals surface area contributed by atoms with Crippen LogP contribution in [0.2, 0.25) is 0 Å². The molecule has 6 heteroatoms. The number of hydrogen-bond acceptors (Lipinski definition) is 5. The molecule has 0 atom stereocenters. The standard InChI is InChI=1S/C16H18BrNO4/c1-20-14-11(17)9-12-15(22-8-4-7-21-12)13(14)16(18-10-19)5-2-3-6-16/h9H,2-8H2,1H3. The number of rotatable bonds is 3. The van der Waals surface area contributed by atoms with Crippen molar-refractivity contribution >= 4 is 22.0 Å². The van der Waals surface area contributed by atoms with E-state index >= 15 is 0 Å². The zero-order valence-electron chi connectivity index (χ0n) is 12.5. The molecule has 0 bridgehead atoms. The van der Waals surface area contributed by atoms with Crippen LogP contribution < -0.4 is 14.2 Å². The van der Waals surface area contributed by atoms with Gasteiger partial charge in [0.2, 0.25) is 6.08 Å². The Kier molecular flexibility index (Phi) is 4.41. The summed E-state index contributed by atoms with van der Waals surface area (Å²) in [6.45, 7) is 1.18. The minimum atomic E-state index is -0.630. The van der Waals surface area contributed by atoms with Crippen LogP contribution >= 0.6 is 15.9 Å². The summed E-state index contributed by atoms with van der Waals surface area (Å²) in [5.41, 5.74) is 0.177. The fourth-order valence-corrected chi connectivity index (χ4v) is 3.91. The first-order valence-corrected chi connectivity index (χ1v) is 8.27. The van der Waals surface area contributed by atoms with Gasteiger partial charge in [-0.15, -0.1) is 0 Å². The van der Waals surface area contributed by atoms with E-state index in [0.29, 0.717) is 30.5 Å². The quantitative estimate of drug-likeness (QED) is 0.603. The number of nitrogens with zero attached hydrogens (tertiary/aromatic N) is 1. The van der Waals surface area contributed by atoms with Crippen LogP contribution in [-0.2, 0) is 10.3 Å². The molecule has 1 saturated carbocycles. The molecule has 1 aliphatic carbocycles. The predicted octanol–water partition coefficient (Wildman–Crippen LogP) is 3.72. The Morgan fingerprint density at radius 2 is 2.00 bits per heavy atom. The molecule has 0 aromatic heterocycles. The average molecular weight is 368 g/mol. The van der Waals surface area contributed by atoms with Crippen LogP contribution in [0.1, 0.15) is 37.7 Å². The van der Waals surface area contributed by atoms with E-state index in [-0.39, 0.29) is 0 Å². The van der Waals surface area contributed by atoms with Gasteiger partial charge in [0.05, 0.1) is 30.4 Å². The highest BCUT2D eigenvalue weighted by Gasteiger charge is 2.43. The molecule has 2 aliphatic rings. The van der Waals surface area contributed by atoms with Gasteiger partial charge in [-0.1, -0.05) is 12.8 Å². The van der Waals surface area contributed by atoms with Gasteiger partial charge in [-0.3, -0.25) is 0 Å². The SMILES string of the molecule is COc1c(Br)cc2c(c1C1(N=C=O)CCCC1)OCCCO2. The first-order chi connectivity index (χ1) is 10.7. The van der Waals surface area contributed by atoms with Gasteiger partial charge < -0.3 is 14.2 Å². The number of halogens is 1. The number of ether oxygens (including phenoxy) is 3. The van der Waals surface area contributed by atoms with Crippen LogP contribution in [0.4, 0.5) is 0 Å². The third-order valence-electron chi connectivity index (χ3n) is 4.31. The van der Waals surface area contributed by atoms with Crippen LogP contribution in [0, 0.1) is 0 Å². The van der Waals surface area contributed by atoms with Crippen LogP contribution in [0.3, 0.4) is 0 Å². The molecule has 0 saturated heterocycles. The van der Waals surface area contributed by atoms with Crippen molar-refractivity contribution in [1.82, 2.24) is 0 Å². The summed E-state index contributed by atoms with van der Waals surface area (Å²) in [4.78, 5) is 15.2. The minimum absolute atomic E-state index is 0.575. The lowest BCUT2D eigenvalue weighted by molar-refractivity contribution is 0.290. The molecule has 5 nitrogen and oxygen atoms in total. The molecule has 1 aromatic rings. The van der Waals surface area contributed by atoms with Crippen molar-refractivity contribution in [1.29, 1.82) is 0 Å². The molecular weight excluding hydrogens is 350 g/mol. The Bertz CT molecular complexity index is 619. The van der Waals surface area contributed by atoms with Crippen molar-refractivity contribution in [2.45, 2.75) is 37.6 Å². The lowest BCUT2D eigenvalue weighted by Crippen LogP contribution is -2.22. The Balaban J connectivity index is 2.27. The summed E-state index contributed by atoms with van der Waals surface area (Å²) in [5.74, 6) is 1.98. The Hall–Kier alpha value is -1.52. The van der Waals surface area contributed by atoms with Gasteiger partial charge in [-0.2, -0.15) is 4.99 Å². The van der Waals surface area contributed by atoms with E-state index in [2.05, 4.69) is 20.9 Å². The first-order valence-electron chi connectivity index (χ1n) is 7.47. The van der Waals surface area contributed by atoms with Gasteiger partial charge in [0.25, 0.3) is 0 Å².